The van der Waals surface area contributed by atoms with Crippen molar-refractivity contribution in [3.05, 3.63) is 29.8 Å². The smallest absolute Gasteiger partial charge is 0.115 e. The number of nitrogens with zero attached hydrogens (tertiary/aromatic N) is 2. The minimum Gasteiger partial charge on any atom is -0.508 e. The van der Waals surface area contributed by atoms with Gasteiger partial charge in [0.05, 0.1) is 0 Å². The zero-order valence-electron chi connectivity index (χ0n) is 9.63. The van der Waals surface area contributed by atoms with Gasteiger partial charge in [0.15, 0.2) is 0 Å². The summed E-state index contributed by atoms with van der Waals surface area (Å²) in [4.78, 5) is 5.00. The van der Waals surface area contributed by atoms with Crippen LogP contribution >= 0.6 is 0 Å². The maximum absolute atomic E-state index is 9.43. The van der Waals surface area contributed by atoms with Crippen LogP contribution in [-0.2, 0) is 6.54 Å². The minimum atomic E-state index is 0.374. The number of benzene rings is 1. The number of rotatable bonds is 2. The highest BCUT2D eigenvalue weighted by atomic mass is 16.3. The van der Waals surface area contributed by atoms with Gasteiger partial charge in [-0.05, 0) is 31.2 Å². The zero-order valence-corrected chi connectivity index (χ0v) is 9.63. The summed E-state index contributed by atoms with van der Waals surface area (Å²) >= 11 is 0. The molecule has 1 aromatic rings. The van der Waals surface area contributed by atoms with Gasteiger partial charge in [0.2, 0.25) is 0 Å². The molecule has 2 saturated heterocycles. The molecule has 1 aromatic carbocycles. The van der Waals surface area contributed by atoms with E-state index >= 15 is 0 Å². The van der Waals surface area contributed by atoms with Gasteiger partial charge >= 0.3 is 0 Å². The lowest BCUT2D eigenvalue weighted by atomic mass is 10.2. The first-order chi connectivity index (χ1) is 7.72. The van der Waals surface area contributed by atoms with Gasteiger partial charge in [-0.1, -0.05) is 12.1 Å². The maximum Gasteiger partial charge on any atom is 0.115 e. The van der Waals surface area contributed by atoms with Crippen LogP contribution in [0.15, 0.2) is 24.3 Å². The normalized spacial score (nSPS) is 30.1. The monoisotopic (exact) mass is 218 g/mol. The van der Waals surface area contributed by atoms with Gasteiger partial charge in [0.1, 0.15) is 5.75 Å². The van der Waals surface area contributed by atoms with Crippen molar-refractivity contribution in [1.82, 2.24) is 9.80 Å². The number of likely N-dealkylation sites (tertiary alicyclic amines) is 2. The molecular weight excluding hydrogens is 200 g/mol. The summed E-state index contributed by atoms with van der Waals surface area (Å²) in [5.74, 6) is 0.374. The number of hydrogen-bond donors (Lipinski definition) is 1. The Morgan fingerprint density at radius 3 is 2.81 bits per heavy atom. The summed E-state index contributed by atoms with van der Waals surface area (Å²) < 4.78 is 0. The first-order valence-corrected chi connectivity index (χ1v) is 5.94. The Bertz CT molecular complexity index is 391. The molecule has 0 saturated carbocycles. The molecule has 0 radical (unpaired) electrons. The number of aromatic hydroxyl groups is 1. The van der Waals surface area contributed by atoms with Gasteiger partial charge in [-0.3, -0.25) is 4.90 Å². The van der Waals surface area contributed by atoms with E-state index in [4.69, 9.17) is 0 Å². The van der Waals surface area contributed by atoms with Crippen molar-refractivity contribution in [3.8, 4) is 5.75 Å². The first kappa shape index (κ1) is 10.1. The Balaban J connectivity index is 1.69. The van der Waals surface area contributed by atoms with E-state index < -0.39 is 0 Å². The number of likely N-dealkylation sites (N-methyl/N-ethyl adjacent to an activating group) is 1. The fourth-order valence-electron chi connectivity index (χ4n) is 3.03. The van der Waals surface area contributed by atoms with Gasteiger partial charge < -0.3 is 10.0 Å². The van der Waals surface area contributed by atoms with Gasteiger partial charge in [0.25, 0.3) is 0 Å². The SMILES string of the molecule is CN1CC2CC1CN2Cc1cccc(O)c1. The molecule has 3 heteroatoms. The summed E-state index contributed by atoms with van der Waals surface area (Å²) in [6.07, 6.45) is 1.31. The largest absolute Gasteiger partial charge is 0.508 e. The van der Waals surface area contributed by atoms with Crippen LogP contribution in [0.2, 0.25) is 0 Å². The lowest BCUT2D eigenvalue weighted by molar-refractivity contribution is 0.143. The molecule has 0 spiro atoms. The topological polar surface area (TPSA) is 26.7 Å². The highest BCUT2D eigenvalue weighted by Crippen LogP contribution is 2.30. The van der Waals surface area contributed by atoms with Crippen molar-refractivity contribution in [2.24, 2.45) is 0 Å². The first-order valence-electron chi connectivity index (χ1n) is 5.94. The van der Waals surface area contributed by atoms with Crippen molar-refractivity contribution in [2.75, 3.05) is 20.1 Å². The van der Waals surface area contributed by atoms with Crippen LogP contribution in [-0.4, -0.2) is 47.1 Å². The number of phenolic OH excluding ortho intramolecular Hbond substituents is 1. The second-order valence-electron chi connectivity index (χ2n) is 5.08. The Labute approximate surface area is 96.3 Å². The van der Waals surface area contributed by atoms with Gasteiger partial charge in [-0.25, -0.2) is 0 Å². The molecule has 2 fully saturated rings. The molecule has 0 amide bonds. The van der Waals surface area contributed by atoms with Crippen molar-refractivity contribution >= 4 is 0 Å². The van der Waals surface area contributed by atoms with Gasteiger partial charge in [-0.15, -0.1) is 0 Å². The van der Waals surface area contributed by atoms with Crippen LogP contribution in [0.25, 0.3) is 0 Å². The Kier molecular flexibility index (Phi) is 2.37. The summed E-state index contributed by atoms with van der Waals surface area (Å²) in [5.41, 5.74) is 1.22. The van der Waals surface area contributed by atoms with Crippen molar-refractivity contribution in [1.29, 1.82) is 0 Å². The molecule has 2 atom stereocenters. The van der Waals surface area contributed by atoms with Crippen LogP contribution in [0.4, 0.5) is 0 Å². The average Bonchev–Trinajstić information content (AvgIpc) is 2.76. The van der Waals surface area contributed by atoms with E-state index in [0.29, 0.717) is 5.75 Å². The van der Waals surface area contributed by atoms with Crippen LogP contribution in [0.3, 0.4) is 0 Å². The van der Waals surface area contributed by atoms with Crippen molar-refractivity contribution in [3.63, 3.8) is 0 Å². The Morgan fingerprint density at radius 1 is 1.31 bits per heavy atom. The number of phenols is 1. The predicted octanol–water partition coefficient (Wildman–Crippen LogP) is 1.28. The van der Waals surface area contributed by atoms with Crippen LogP contribution in [0, 0.1) is 0 Å². The molecule has 0 aliphatic carbocycles. The molecule has 2 heterocycles. The fraction of sp³-hybridized carbons (Fsp3) is 0.538. The lowest BCUT2D eigenvalue weighted by Gasteiger charge is -2.31. The van der Waals surface area contributed by atoms with E-state index in [1.54, 1.807) is 6.07 Å². The number of fused-ring (bicyclic) bond motifs is 2. The summed E-state index contributed by atoms with van der Waals surface area (Å²) in [5, 5.41) is 9.43. The fourth-order valence-corrected chi connectivity index (χ4v) is 3.03. The van der Waals surface area contributed by atoms with E-state index in [2.05, 4.69) is 22.9 Å². The van der Waals surface area contributed by atoms with E-state index in [1.165, 1.54) is 25.1 Å². The number of piperazine rings is 1. The second kappa shape index (κ2) is 3.75. The molecule has 2 bridgehead atoms. The molecule has 2 aliphatic heterocycles. The zero-order chi connectivity index (χ0) is 11.1. The highest BCUT2D eigenvalue weighted by Gasteiger charge is 2.40. The number of hydrogen-bond acceptors (Lipinski definition) is 3. The molecule has 1 N–H and O–H groups in total. The summed E-state index contributed by atoms with van der Waals surface area (Å²) in [6, 6.07) is 9.09. The quantitative estimate of drug-likeness (QED) is 0.810. The third kappa shape index (κ3) is 1.70. The maximum atomic E-state index is 9.43. The van der Waals surface area contributed by atoms with Gasteiger partial charge in [0, 0.05) is 31.7 Å². The summed E-state index contributed by atoms with van der Waals surface area (Å²) in [7, 11) is 2.22. The molecular formula is C13H18N2O. The molecule has 2 aliphatic rings. The molecule has 16 heavy (non-hydrogen) atoms. The van der Waals surface area contributed by atoms with Crippen molar-refractivity contribution in [2.45, 2.75) is 25.0 Å². The third-order valence-corrected chi connectivity index (χ3v) is 3.92. The van der Waals surface area contributed by atoms with Crippen LogP contribution in [0.1, 0.15) is 12.0 Å². The van der Waals surface area contributed by atoms with Crippen LogP contribution in [0.5, 0.6) is 5.75 Å². The summed E-state index contributed by atoms with van der Waals surface area (Å²) in [6.45, 7) is 3.35. The highest BCUT2D eigenvalue weighted by molar-refractivity contribution is 5.27. The van der Waals surface area contributed by atoms with E-state index in [0.717, 1.165) is 18.6 Å². The average molecular weight is 218 g/mol. The second-order valence-corrected chi connectivity index (χ2v) is 5.08. The Hall–Kier alpha value is -1.06. The van der Waals surface area contributed by atoms with E-state index in [-0.39, 0.29) is 0 Å². The van der Waals surface area contributed by atoms with E-state index in [9.17, 15) is 5.11 Å². The standard InChI is InChI=1S/C13H18N2O/c1-14-8-12-6-11(14)9-15(12)7-10-3-2-4-13(16)5-10/h2-5,11-12,16H,6-9H2,1H3. The minimum absolute atomic E-state index is 0.374. The van der Waals surface area contributed by atoms with Crippen molar-refractivity contribution < 1.29 is 5.11 Å². The lowest BCUT2D eigenvalue weighted by Crippen LogP contribution is -2.43. The molecule has 3 nitrogen and oxygen atoms in total. The van der Waals surface area contributed by atoms with E-state index in [1.807, 2.05) is 12.1 Å². The molecule has 0 aromatic heterocycles. The molecule has 2 unspecified atom stereocenters. The van der Waals surface area contributed by atoms with Gasteiger partial charge in [-0.2, -0.15) is 0 Å². The third-order valence-electron chi connectivity index (χ3n) is 3.92. The Morgan fingerprint density at radius 2 is 2.19 bits per heavy atom. The predicted molar refractivity (Wildman–Crippen MR) is 63.3 cm³/mol. The molecule has 3 rings (SSSR count). The molecule has 86 valence electrons. The van der Waals surface area contributed by atoms with Crippen LogP contribution < -0.4 is 0 Å².